The van der Waals surface area contributed by atoms with Gasteiger partial charge in [0.25, 0.3) is 0 Å². The van der Waals surface area contributed by atoms with Gasteiger partial charge in [-0.15, -0.1) is 0 Å². The summed E-state index contributed by atoms with van der Waals surface area (Å²) < 4.78 is 5.08. The van der Waals surface area contributed by atoms with Gasteiger partial charge in [0.05, 0.1) is 13.2 Å². The van der Waals surface area contributed by atoms with Gasteiger partial charge in [-0.1, -0.05) is 17.7 Å². The molecule has 0 radical (unpaired) electrons. The first-order valence-electron chi connectivity index (χ1n) is 6.30. The number of hydrogen-bond donors (Lipinski definition) is 2. The minimum Gasteiger partial charge on any atom is -0.507 e. The highest BCUT2D eigenvalue weighted by atomic mass is 16.5. The van der Waals surface area contributed by atoms with Crippen molar-refractivity contribution in [3.05, 3.63) is 53.6 Å². The van der Waals surface area contributed by atoms with Crippen LogP contribution >= 0.6 is 0 Å². The molecule has 0 bridgehead atoms. The van der Waals surface area contributed by atoms with Crippen LogP contribution in [0.3, 0.4) is 0 Å². The number of benzene rings is 2. The molecule has 0 aliphatic rings. The van der Waals surface area contributed by atoms with Crippen molar-refractivity contribution in [2.75, 3.05) is 12.4 Å². The number of anilines is 1. The standard InChI is InChI=1S/C16H19NO2/c1-11-4-6-13(7-5-11)17-12(2)15-9-8-14(19-3)10-16(15)18/h4-10,12,17-18H,1-3H3. The maximum Gasteiger partial charge on any atom is 0.124 e. The average molecular weight is 257 g/mol. The van der Waals surface area contributed by atoms with Crippen LogP contribution in [0.5, 0.6) is 11.5 Å². The number of phenolic OH excluding ortho intramolecular Hbond substituents is 1. The Morgan fingerprint density at radius 2 is 1.79 bits per heavy atom. The molecular formula is C16H19NO2. The van der Waals surface area contributed by atoms with E-state index in [0.29, 0.717) is 5.75 Å². The molecule has 100 valence electrons. The number of aryl methyl sites for hydroxylation is 1. The van der Waals surface area contributed by atoms with E-state index in [4.69, 9.17) is 4.74 Å². The van der Waals surface area contributed by atoms with Gasteiger partial charge in [0.15, 0.2) is 0 Å². The lowest BCUT2D eigenvalue weighted by Crippen LogP contribution is -2.06. The van der Waals surface area contributed by atoms with Crippen LogP contribution in [-0.2, 0) is 0 Å². The highest BCUT2D eigenvalue weighted by Gasteiger charge is 2.11. The molecule has 2 aromatic rings. The minimum absolute atomic E-state index is 0.0219. The van der Waals surface area contributed by atoms with Crippen LogP contribution in [0.2, 0.25) is 0 Å². The first-order chi connectivity index (χ1) is 9.10. The molecule has 0 aliphatic heterocycles. The Balaban J connectivity index is 2.15. The van der Waals surface area contributed by atoms with E-state index in [2.05, 4.69) is 24.4 Å². The third-order valence-electron chi connectivity index (χ3n) is 3.14. The molecule has 19 heavy (non-hydrogen) atoms. The van der Waals surface area contributed by atoms with Gasteiger partial charge in [-0.05, 0) is 38.1 Å². The van der Waals surface area contributed by atoms with E-state index < -0.39 is 0 Å². The molecule has 1 atom stereocenters. The summed E-state index contributed by atoms with van der Waals surface area (Å²) in [6.45, 7) is 4.07. The van der Waals surface area contributed by atoms with Gasteiger partial charge in [0.2, 0.25) is 0 Å². The number of phenols is 1. The van der Waals surface area contributed by atoms with Gasteiger partial charge < -0.3 is 15.2 Å². The zero-order chi connectivity index (χ0) is 13.8. The normalized spacial score (nSPS) is 11.9. The third-order valence-corrected chi connectivity index (χ3v) is 3.14. The van der Waals surface area contributed by atoms with Crippen LogP contribution in [0.15, 0.2) is 42.5 Å². The molecule has 0 fully saturated rings. The van der Waals surface area contributed by atoms with Crippen molar-refractivity contribution in [2.45, 2.75) is 19.9 Å². The molecule has 1 unspecified atom stereocenters. The number of rotatable bonds is 4. The van der Waals surface area contributed by atoms with Crippen LogP contribution in [0.4, 0.5) is 5.69 Å². The van der Waals surface area contributed by atoms with Crippen LogP contribution in [0.25, 0.3) is 0 Å². The SMILES string of the molecule is COc1ccc(C(C)Nc2ccc(C)cc2)c(O)c1. The monoisotopic (exact) mass is 257 g/mol. The summed E-state index contributed by atoms with van der Waals surface area (Å²) in [5.74, 6) is 0.898. The zero-order valence-electron chi connectivity index (χ0n) is 11.5. The second-order valence-corrected chi connectivity index (χ2v) is 4.66. The van der Waals surface area contributed by atoms with Gasteiger partial charge in [-0.25, -0.2) is 0 Å². The topological polar surface area (TPSA) is 41.5 Å². The molecule has 0 aromatic heterocycles. The molecule has 0 amide bonds. The summed E-state index contributed by atoms with van der Waals surface area (Å²) in [6, 6.07) is 13.6. The van der Waals surface area contributed by atoms with E-state index in [1.165, 1.54) is 5.56 Å². The largest absolute Gasteiger partial charge is 0.507 e. The molecule has 2 N–H and O–H groups in total. The van der Waals surface area contributed by atoms with Crippen LogP contribution in [0.1, 0.15) is 24.1 Å². The Labute approximate surface area is 113 Å². The predicted molar refractivity (Wildman–Crippen MR) is 77.9 cm³/mol. The van der Waals surface area contributed by atoms with E-state index in [1.807, 2.05) is 31.2 Å². The van der Waals surface area contributed by atoms with Gasteiger partial charge in [0, 0.05) is 17.3 Å². The van der Waals surface area contributed by atoms with Gasteiger partial charge in [-0.2, -0.15) is 0 Å². The predicted octanol–water partition coefficient (Wildman–Crippen LogP) is 3.88. The van der Waals surface area contributed by atoms with Crippen LogP contribution in [0, 0.1) is 6.92 Å². The number of hydrogen-bond acceptors (Lipinski definition) is 3. The zero-order valence-corrected chi connectivity index (χ0v) is 11.5. The van der Waals surface area contributed by atoms with Gasteiger partial charge in [0.1, 0.15) is 11.5 Å². The number of nitrogens with one attached hydrogen (secondary N) is 1. The molecule has 3 nitrogen and oxygen atoms in total. The summed E-state index contributed by atoms with van der Waals surface area (Å²) in [7, 11) is 1.59. The molecule has 2 aromatic carbocycles. The van der Waals surface area contributed by atoms with Gasteiger partial charge >= 0.3 is 0 Å². The van der Waals surface area contributed by atoms with Crippen molar-refractivity contribution < 1.29 is 9.84 Å². The molecule has 0 saturated carbocycles. The second kappa shape index (κ2) is 5.65. The summed E-state index contributed by atoms with van der Waals surface area (Å²) in [5.41, 5.74) is 3.11. The smallest absolute Gasteiger partial charge is 0.124 e. The van der Waals surface area contributed by atoms with Crippen molar-refractivity contribution in [1.82, 2.24) is 0 Å². The molecule has 0 aliphatic carbocycles. The molecule has 0 spiro atoms. The quantitative estimate of drug-likeness (QED) is 0.873. The Bertz CT molecular complexity index is 549. The fourth-order valence-corrected chi connectivity index (χ4v) is 1.99. The second-order valence-electron chi connectivity index (χ2n) is 4.66. The maximum absolute atomic E-state index is 10.00. The lowest BCUT2D eigenvalue weighted by molar-refractivity contribution is 0.406. The van der Waals surface area contributed by atoms with E-state index in [0.717, 1.165) is 11.3 Å². The van der Waals surface area contributed by atoms with E-state index in [-0.39, 0.29) is 11.8 Å². The van der Waals surface area contributed by atoms with Crippen molar-refractivity contribution in [1.29, 1.82) is 0 Å². The van der Waals surface area contributed by atoms with Gasteiger partial charge in [-0.3, -0.25) is 0 Å². The van der Waals surface area contributed by atoms with Crippen molar-refractivity contribution in [3.63, 3.8) is 0 Å². The highest BCUT2D eigenvalue weighted by Crippen LogP contribution is 2.30. The first kappa shape index (κ1) is 13.3. The molecule has 3 heteroatoms. The summed E-state index contributed by atoms with van der Waals surface area (Å²) in [6.07, 6.45) is 0. The van der Waals surface area contributed by atoms with Crippen molar-refractivity contribution >= 4 is 5.69 Å². The van der Waals surface area contributed by atoms with Crippen LogP contribution < -0.4 is 10.1 Å². The summed E-state index contributed by atoms with van der Waals surface area (Å²) in [5, 5.41) is 13.4. The number of ether oxygens (including phenoxy) is 1. The summed E-state index contributed by atoms with van der Waals surface area (Å²) >= 11 is 0. The first-order valence-corrected chi connectivity index (χ1v) is 6.30. The fraction of sp³-hybridized carbons (Fsp3) is 0.250. The minimum atomic E-state index is 0.0219. The molecule has 0 heterocycles. The lowest BCUT2D eigenvalue weighted by Gasteiger charge is -2.17. The van der Waals surface area contributed by atoms with Crippen molar-refractivity contribution in [3.8, 4) is 11.5 Å². The Kier molecular flexibility index (Phi) is 3.95. The fourth-order valence-electron chi connectivity index (χ4n) is 1.99. The Morgan fingerprint density at radius 3 is 2.37 bits per heavy atom. The van der Waals surface area contributed by atoms with E-state index in [1.54, 1.807) is 13.2 Å². The third kappa shape index (κ3) is 3.19. The maximum atomic E-state index is 10.00. The number of aromatic hydroxyl groups is 1. The van der Waals surface area contributed by atoms with Crippen LogP contribution in [-0.4, -0.2) is 12.2 Å². The Morgan fingerprint density at radius 1 is 1.11 bits per heavy atom. The molecule has 2 rings (SSSR count). The average Bonchev–Trinajstić information content (AvgIpc) is 2.41. The Hall–Kier alpha value is -2.16. The molecule has 0 saturated heterocycles. The van der Waals surface area contributed by atoms with Crippen molar-refractivity contribution in [2.24, 2.45) is 0 Å². The highest BCUT2D eigenvalue weighted by molar-refractivity contribution is 5.49. The van der Waals surface area contributed by atoms with E-state index in [9.17, 15) is 5.11 Å². The summed E-state index contributed by atoms with van der Waals surface area (Å²) in [4.78, 5) is 0. The number of methoxy groups -OCH3 is 1. The van der Waals surface area contributed by atoms with E-state index >= 15 is 0 Å². The lowest BCUT2D eigenvalue weighted by atomic mass is 10.1. The molecular weight excluding hydrogens is 238 g/mol.